The number of hydrogen-bond donors (Lipinski definition) is 1. The molecule has 0 saturated heterocycles. The fraction of sp³-hybridized carbons (Fsp3) is 0.200. The van der Waals surface area contributed by atoms with Crippen LogP contribution in [0.3, 0.4) is 0 Å². The van der Waals surface area contributed by atoms with Gasteiger partial charge in [-0.3, -0.25) is 0 Å². The minimum Gasteiger partial charge on any atom is -0.486 e. The van der Waals surface area contributed by atoms with E-state index in [2.05, 4.69) is 0 Å². The molecule has 0 heterocycles. The number of halogens is 3. The average Bonchev–Trinajstić information content (AvgIpc) is 2.41. The van der Waals surface area contributed by atoms with E-state index >= 15 is 0 Å². The third-order valence-electron chi connectivity index (χ3n) is 2.86. The fourth-order valence-corrected chi connectivity index (χ4v) is 1.71. The zero-order chi connectivity index (χ0) is 14.7. The first-order valence-electron chi connectivity index (χ1n) is 6.09. The second-order valence-electron chi connectivity index (χ2n) is 4.52. The van der Waals surface area contributed by atoms with Gasteiger partial charge in [0, 0.05) is 6.04 Å². The summed E-state index contributed by atoms with van der Waals surface area (Å²) in [5.74, 6) is -2.39. The molecule has 0 spiro atoms. The molecule has 0 fully saturated rings. The summed E-state index contributed by atoms with van der Waals surface area (Å²) in [6.07, 6.45) is 0. The predicted octanol–water partition coefficient (Wildman–Crippen LogP) is 3.70. The van der Waals surface area contributed by atoms with Gasteiger partial charge in [-0.25, -0.2) is 13.2 Å². The van der Waals surface area contributed by atoms with Gasteiger partial charge < -0.3 is 10.5 Å². The molecule has 2 rings (SSSR count). The molecule has 2 aromatic rings. The summed E-state index contributed by atoms with van der Waals surface area (Å²) < 4.78 is 44.8. The lowest BCUT2D eigenvalue weighted by Crippen LogP contribution is -2.06. The number of benzene rings is 2. The van der Waals surface area contributed by atoms with Crippen LogP contribution in [0.25, 0.3) is 0 Å². The van der Waals surface area contributed by atoms with E-state index in [9.17, 15) is 13.2 Å². The van der Waals surface area contributed by atoms with Crippen LogP contribution in [0.2, 0.25) is 0 Å². The van der Waals surface area contributed by atoms with E-state index in [0.29, 0.717) is 11.1 Å². The third kappa shape index (κ3) is 3.30. The standard InChI is InChI=1S/C15H14F3NO/c1-9(19)11-3-5-15(14(18)7-11)20-8-10-2-4-12(16)13(17)6-10/h2-7,9H,8,19H2,1H3/t9-/m1/s1. The summed E-state index contributed by atoms with van der Waals surface area (Å²) in [5.41, 5.74) is 6.72. The van der Waals surface area contributed by atoms with Gasteiger partial charge >= 0.3 is 0 Å². The molecule has 1 atom stereocenters. The number of ether oxygens (including phenoxy) is 1. The Morgan fingerprint density at radius 2 is 1.75 bits per heavy atom. The van der Waals surface area contributed by atoms with Gasteiger partial charge in [-0.05, 0) is 42.3 Å². The van der Waals surface area contributed by atoms with Crippen molar-refractivity contribution >= 4 is 0 Å². The van der Waals surface area contributed by atoms with E-state index in [1.54, 1.807) is 13.0 Å². The highest BCUT2D eigenvalue weighted by molar-refractivity contribution is 5.31. The molecule has 0 unspecified atom stereocenters. The first-order valence-corrected chi connectivity index (χ1v) is 6.09. The summed E-state index contributed by atoms with van der Waals surface area (Å²) >= 11 is 0. The lowest BCUT2D eigenvalue weighted by Gasteiger charge is -2.10. The van der Waals surface area contributed by atoms with Gasteiger partial charge in [-0.15, -0.1) is 0 Å². The van der Waals surface area contributed by atoms with Crippen molar-refractivity contribution in [1.82, 2.24) is 0 Å². The second-order valence-corrected chi connectivity index (χ2v) is 4.52. The first kappa shape index (κ1) is 14.4. The van der Waals surface area contributed by atoms with Gasteiger partial charge in [-0.1, -0.05) is 12.1 Å². The maximum atomic E-state index is 13.7. The van der Waals surface area contributed by atoms with Crippen LogP contribution in [0.4, 0.5) is 13.2 Å². The fourth-order valence-electron chi connectivity index (χ4n) is 1.71. The zero-order valence-corrected chi connectivity index (χ0v) is 10.9. The molecule has 5 heteroatoms. The monoisotopic (exact) mass is 281 g/mol. The molecule has 0 radical (unpaired) electrons. The Morgan fingerprint density at radius 3 is 2.35 bits per heavy atom. The average molecular weight is 281 g/mol. The Bertz CT molecular complexity index is 614. The van der Waals surface area contributed by atoms with E-state index < -0.39 is 17.5 Å². The minimum absolute atomic E-state index is 0.0409. The maximum absolute atomic E-state index is 13.7. The van der Waals surface area contributed by atoms with Crippen LogP contribution in [-0.4, -0.2) is 0 Å². The molecule has 2 N–H and O–H groups in total. The molecule has 0 aliphatic rings. The van der Waals surface area contributed by atoms with E-state index in [0.717, 1.165) is 12.1 Å². The summed E-state index contributed by atoms with van der Waals surface area (Å²) in [4.78, 5) is 0. The van der Waals surface area contributed by atoms with Crippen LogP contribution in [0.5, 0.6) is 5.75 Å². The molecule has 0 bridgehead atoms. The molecule has 0 aromatic heterocycles. The largest absolute Gasteiger partial charge is 0.486 e. The van der Waals surface area contributed by atoms with Gasteiger partial charge in [0.1, 0.15) is 6.61 Å². The lowest BCUT2D eigenvalue weighted by molar-refractivity contribution is 0.289. The highest BCUT2D eigenvalue weighted by atomic mass is 19.2. The number of hydrogen-bond acceptors (Lipinski definition) is 2. The molecule has 0 amide bonds. The van der Waals surface area contributed by atoms with E-state index in [1.807, 2.05) is 0 Å². The summed E-state index contributed by atoms with van der Waals surface area (Å²) in [5, 5.41) is 0. The van der Waals surface area contributed by atoms with Crippen molar-refractivity contribution in [2.24, 2.45) is 5.73 Å². The first-order chi connectivity index (χ1) is 9.47. The van der Waals surface area contributed by atoms with Crippen LogP contribution in [0.1, 0.15) is 24.1 Å². The smallest absolute Gasteiger partial charge is 0.165 e. The third-order valence-corrected chi connectivity index (χ3v) is 2.86. The molecule has 0 saturated carbocycles. The molecule has 20 heavy (non-hydrogen) atoms. The van der Waals surface area contributed by atoms with Crippen LogP contribution in [0, 0.1) is 17.5 Å². The van der Waals surface area contributed by atoms with Crippen LogP contribution in [0.15, 0.2) is 36.4 Å². The molecular formula is C15H14F3NO. The van der Waals surface area contributed by atoms with Gasteiger partial charge in [-0.2, -0.15) is 0 Å². The van der Waals surface area contributed by atoms with Crippen LogP contribution < -0.4 is 10.5 Å². The Hall–Kier alpha value is -2.01. The molecular weight excluding hydrogens is 267 g/mol. The number of nitrogens with two attached hydrogens (primary N) is 1. The van der Waals surface area contributed by atoms with Gasteiger partial charge in [0.25, 0.3) is 0 Å². The Labute approximate surface area is 115 Å². The van der Waals surface area contributed by atoms with Gasteiger partial charge in [0.2, 0.25) is 0 Å². The van der Waals surface area contributed by atoms with Gasteiger partial charge in [0.05, 0.1) is 0 Å². The topological polar surface area (TPSA) is 35.2 Å². The lowest BCUT2D eigenvalue weighted by atomic mass is 10.1. The van der Waals surface area contributed by atoms with Crippen molar-refractivity contribution in [3.05, 3.63) is 65.0 Å². The maximum Gasteiger partial charge on any atom is 0.165 e. The quantitative estimate of drug-likeness (QED) is 0.927. The Morgan fingerprint density at radius 1 is 1.00 bits per heavy atom. The van der Waals surface area contributed by atoms with Crippen molar-refractivity contribution in [3.8, 4) is 5.75 Å². The van der Waals surface area contributed by atoms with Crippen molar-refractivity contribution in [2.75, 3.05) is 0 Å². The molecule has 106 valence electrons. The second kappa shape index (κ2) is 5.96. The van der Waals surface area contributed by atoms with Crippen molar-refractivity contribution in [1.29, 1.82) is 0 Å². The van der Waals surface area contributed by atoms with E-state index in [4.69, 9.17) is 10.5 Å². The minimum atomic E-state index is -0.959. The van der Waals surface area contributed by atoms with Crippen molar-refractivity contribution in [3.63, 3.8) is 0 Å². The van der Waals surface area contributed by atoms with Crippen LogP contribution in [-0.2, 0) is 6.61 Å². The van der Waals surface area contributed by atoms with Crippen molar-refractivity contribution < 1.29 is 17.9 Å². The highest BCUT2D eigenvalue weighted by Crippen LogP contribution is 2.22. The summed E-state index contributed by atoms with van der Waals surface area (Å²) in [7, 11) is 0. The predicted molar refractivity (Wildman–Crippen MR) is 69.7 cm³/mol. The van der Waals surface area contributed by atoms with Gasteiger partial charge in [0.15, 0.2) is 23.2 Å². The normalized spacial score (nSPS) is 12.2. The Kier molecular flexibility index (Phi) is 4.29. The van der Waals surface area contributed by atoms with E-state index in [1.165, 1.54) is 18.2 Å². The van der Waals surface area contributed by atoms with E-state index in [-0.39, 0.29) is 18.4 Å². The molecule has 0 aliphatic heterocycles. The summed E-state index contributed by atoms with van der Waals surface area (Å²) in [6.45, 7) is 1.70. The SMILES string of the molecule is C[C@@H](N)c1ccc(OCc2ccc(F)c(F)c2)c(F)c1. The Balaban J connectivity index is 2.09. The van der Waals surface area contributed by atoms with Crippen molar-refractivity contribution in [2.45, 2.75) is 19.6 Å². The highest BCUT2D eigenvalue weighted by Gasteiger charge is 2.08. The molecule has 2 nitrogen and oxygen atoms in total. The van der Waals surface area contributed by atoms with Crippen LogP contribution >= 0.6 is 0 Å². The zero-order valence-electron chi connectivity index (χ0n) is 10.9. The molecule has 2 aromatic carbocycles. The summed E-state index contributed by atoms with van der Waals surface area (Å²) in [6, 6.07) is 7.55. The number of rotatable bonds is 4. The molecule has 0 aliphatic carbocycles.